The van der Waals surface area contributed by atoms with Crippen LogP contribution in [0.15, 0.2) is 30.5 Å². The number of carbonyl (C=O) groups excluding carboxylic acids is 1. The lowest BCUT2D eigenvalue weighted by Gasteiger charge is -2.38. The van der Waals surface area contributed by atoms with E-state index in [1.807, 2.05) is 13.0 Å². The van der Waals surface area contributed by atoms with Crippen LogP contribution < -0.4 is 4.74 Å². The number of piperazine rings is 1. The smallest absolute Gasteiger partial charge is 0.417 e. The Morgan fingerprint density at radius 1 is 1.14 bits per heavy atom. The predicted molar refractivity (Wildman–Crippen MR) is 125 cm³/mol. The number of aromatic nitrogens is 1. The Morgan fingerprint density at radius 2 is 1.89 bits per heavy atom. The molecule has 1 N–H and O–H groups in total. The zero-order valence-electron chi connectivity index (χ0n) is 20.5. The second kappa shape index (κ2) is 9.78. The van der Waals surface area contributed by atoms with Crippen LogP contribution in [0.3, 0.4) is 0 Å². The van der Waals surface area contributed by atoms with Crippen molar-refractivity contribution in [1.82, 2.24) is 14.8 Å². The molecule has 4 rings (SSSR count). The van der Waals surface area contributed by atoms with Crippen molar-refractivity contribution in [3.63, 3.8) is 0 Å². The fraction of sp³-hybridized carbons (Fsp3) is 0.538. The zero-order chi connectivity index (χ0) is 25.5. The SMILES string of the molecule is Cc1c(OCC[C@H](C)O)ccc([C@H](C)N2C[C@@H]3C[C@@H]2CN3C(=O)c2ccc(C(F)(F)F)cn2)c1C. The average Bonchev–Trinajstić information content (AvgIpc) is 3.41. The summed E-state index contributed by atoms with van der Waals surface area (Å²) in [6.07, 6.45) is -2.74. The Bertz CT molecular complexity index is 1070. The van der Waals surface area contributed by atoms with E-state index in [4.69, 9.17) is 4.74 Å². The van der Waals surface area contributed by atoms with Gasteiger partial charge in [-0.25, -0.2) is 0 Å². The first-order chi connectivity index (χ1) is 16.5. The number of benzene rings is 1. The Hall–Kier alpha value is -2.65. The van der Waals surface area contributed by atoms with Crippen LogP contribution in [0.4, 0.5) is 13.2 Å². The van der Waals surface area contributed by atoms with Gasteiger partial charge < -0.3 is 14.7 Å². The number of alkyl halides is 3. The van der Waals surface area contributed by atoms with Gasteiger partial charge in [-0.1, -0.05) is 6.07 Å². The highest BCUT2D eigenvalue weighted by Gasteiger charge is 2.47. The number of nitrogens with zero attached hydrogens (tertiary/aromatic N) is 3. The minimum atomic E-state index is -4.48. The van der Waals surface area contributed by atoms with Gasteiger partial charge in [0.05, 0.1) is 18.3 Å². The van der Waals surface area contributed by atoms with Crippen LogP contribution in [0.5, 0.6) is 5.75 Å². The van der Waals surface area contributed by atoms with E-state index in [9.17, 15) is 23.1 Å². The summed E-state index contributed by atoms with van der Waals surface area (Å²) < 4.78 is 44.3. The van der Waals surface area contributed by atoms with Crippen LogP contribution in [-0.4, -0.2) is 63.7 Å². The highest BCUT2D eigenvalue weighted by Crippen LogP contribution is 2.39. The van der Waals surface area contributed by atoms with Crippen LogP contribution >= 0.6 is 0 Å². The third-order valence-electron chi connectivity index (χ3n) is 7.37. The van der Waals surface area contributed by atoms with Gasteiger partial charge in [-0.2, -0.15) is 13.2 Å². The van der Waals surface area contributed by atoms with Crippen molar-refractivity contribution in [3.8, 4) is 5.75 Å². The number of hydrogen-bond donors (Lipinski definition) is 1. The topological polar surface area (TPSA) is 65.9 Å². The number of aliphatic hydroxyl groups excluding tert-OH is 1. The molecule has 2 bridgehead atoms. The lowest BCUT2D eigenvalue weighted by molar-refractivity contribution is -0.137. The number of hydrogen-bond acceptors (Lipinski definition) is 5. The van der Waals surface area contributed by atoms with Gasteiger partial charge in [0, 0.05) is 43.8 Å². The molecular weight excluding hydrogens is 459 g/mol. The van der Waals surface area contributed by atoms with Crippen LogP contribution in [0, 0.1) is 13.8 Å². The molecule has 2 aliphatic heterocycles. The highest BCUT2D eigenvalue weighted by atomic mass is 19.4. The van der Waals surface area contributed by atoms with Gasteiger partial charge in [0.25, 0.3) is 5.91 Å². The molecule has 1 aromatic heterocycles. The van der Waals surface area contributed by atoms with Gasteiger partial charge >= 0.3 is 6.18 Å². The lowest BCUT2D eigenvalue weighted by atomic mass is 9.96. The molecular formula is C26H32F3N3O3. The van der Waals surface area contributed by atoms with Crippen molar-refractivity contribution in [1.29, 1.82) is 0 Å². The molecule has 2 saturated heterocycles. The predicted octanol–water partition coefficient (Wildman–Crippen LogP) is 4.53. The van der Waals surface area contributed by atoms with Gasteiger partial charge in [-0.05, 0) is 69.0 Å². The van der Waals surface area contributed by atoms with E-state index in [1.165, 1.54) is 5.56 Å². The second-order valence-corrected chi connectivity index (χ2v) is 9.69. The summed E-state index contributed by atoms with van der Waals surface area (Å²) in [7, 11) is 0. The van der Waals surface area contributed by atoms with E-state index in [2.05, 4.69) is 29.8 Å². The van der Waals surface area contributed by atoms with Gasteiger partial charge in [-0.15, -0.1) is 0 Å². The highest BCUT2D eigenvalue weighted by molar-refractivity contribution is 5.93. The Labute approximate surface area is 203 Å². The van der Waals surface area contributed by atoms with Crippen LogP contribution in [0.1, 0.15) is 65.5 Å². The maximum atomic E-state index is 12.9. The van der Waals surface area contributed by atoms with Gasteiger partial charge in [-0.3, -0.25) is 14.7 Å². The van der Waals surface area contributed by atoms with Crippen molar-refractivity contribution in [2.75, 3.05) is 19.7 Å². The average molecular weight is 492 g/mol. The number of rotatable bonds is 7. The van der Waals surface area contributed by atoms with Crippen LogP contribution in [0.2, 0.25) is 0 Å². The lowest BCUT2D eigenvalue weighted by Crippen LogP contribution is -2.49. The number of fused-ring (bicyclic) bond motifs is 2. The molecule has 3 heterocycles. The summed E-state index contributed by atoms with van der Waals surface area (Å²) in [6, 6.07) is 6.50. The molecule has 2 fully saturated rings. The molecule has 4 atom stereocenters. The minimum Gasteiger partial charge on any atom is -0.493 e. The number of ether oxygens (including phenoxy) is 1. The molecule has 0 saturated carbocycles. The molecule has 0 spiro atoms. The molecule has 1 amide bonds. The van der Waals surface area contributed by atoms with Gasteiger partial charge in [0.1, 0.15) is 11.4 Å². The van der Waals surface area contributed by atoms with Crippen molar-refractivity contribution < 1.29 is 27.8 Å². The van der Waals surface area contributed by atoms with Gasteiger partial charge in [0.15, 0.2) is 0 Å². The first-order valence-electron chi connectivity index (χ1n) is 12.0. The summed E-state index contributed by atoms with van der Waals surface area (Å²) in [6.45, 7) is 9.74. The monoisotopic (exact) mass is 491 g/mol. The molecule has 35 heavy (non-hydrogen) atoms. The standard InChI is InChI=1S/C26H32F3N3O3/c1-15(33)9-10-35-24-8-6-22(16(2)17(24)3)18(4)31-13-21-11-20(31)14-32(21)25(34)23-7-5-19(12-30-23)26(27,28)29/h5-8,12,15,18,20-21,33H,9-11,13-14H2,1-4H3/t15-,18-,20+,21-/m0/s1. The number of carbonyl (C=O) groups is 1. The largest absolute Gasteiger partial charge is 0.493 e. The maximum absolute atomic E-state index is 12.9. The van der Waals surface area contributed by atoms with E-state index >= 15 is 0 Å². The number of aliphatic hydroxyl groups is 1. The van der Waals surface area contributed by atoms with Gasteiger partial charge in [0.2, 0.25) is 0 Å². The molecule has 2 aliphatic rings. The molecule has 0 radical (unpaired) electrons. The van der Waals surface area contributed by atoms with Crippen molar-refractivity contribution >= 4 is 5.91 Å². The third-order valence-corrected chi connectivity index (χ3v) is 7.37. The molecule has 0 aliphatic carbocycles. The number of amides is 1. The second-order valence-electron chi connectivity index (χ2n) is 9.69. The Balaban J connectivity index is 1.41. The number of halogens is 3. The van der Waals surface area contributed by atoms with Crippen molar-refractivity contribution in [2.45, 2.75) is 70.9 Å². The molecule has 1 aromatic carbocycles. The molecule has 2 aromatic rings. The first-order valence-corrected chi connectivity index (χ1v) is 12.0. The summed E-state index contributed by atoms with van der Waals surface area (Å²) in [4.78, 5) is 20.9. The summed E-state index contributed by atoms with van der Waals surface area (Å²) in [5.41, 5.74) is 2.64. The molecule has 9 heteroatoms. The molecule has 190 valence electrons. The Kier molecular flexibility index (Phi) is 7.11. The Morgan fingerprint density at radius 3 is 2.46 bits per heavy atom. The fourth-order valence-corrected chi connectivity index (χ4v) is 5.20. The van der Waals surface area contributed by atoms with Crippen molar-refractivity contribution in [3.05, 3.63) is 58.4 Å². The van der Waals surface area contributed by atoms with Crippen LogP contribution in [-0.2, 0) is 6.18 Å². The summed E-state index contributed by atoms with van der Waals surface area (Å²) in [5.74, 6) is 0.507. The zero-order valence-corrected chi connectivity index (χ0v) is 20.5. The normalized spacial score (nSPS) is 21.9. The molecule has 6 nitrogen and oxygen atoms in total. The molecule has 0 unspecified atom stereocenters. The van der Waals surface area contributed by atoms with Crippen molar-refractivity contribution in [2.24, 2.45) is 0 Å². The first kappa shape index (κ1) is 25.4. The summed E-state index contributed by atoms with van der Waals surface area (Å²) in [5, 5.41) is 9.45. The van der Waals surface area contributed by atoms with E-state index in [0.717, 1.165) is 41.6 Å². The van der Waals surface area contributed by atoms with E-state index in [0.29, 0.717) is 26.1 Å². The number of pyridine rings is 1. The van der Waals surface area contributed by atoms with E-state index < -0.39 is 17.8 Å². The maximum Gasteiger partial charge on any atom is 0.417 e. The minimum absolute atomic E-state index is 0.0172. The van der Waals surface area contributed by atoms with E-state index in [-0.39, 0.29) is 29.7 Å². The fourth-order valence-electron chi connectivity index (χ4n) is 5.20. The summed E-state index contributed by atoms with van der Waals surface area (Å²) >= 11 is 0. The van der Waals surface area contributed by atoms with Crippen LogP contribution in [0.25, 0.3) is 0 Å². The quantitative estimate of drug-likeness (QED) is 0.617. The van der Waals surface area contributed by atoms with E-state index in [1.54, 1.807) is 11.8 Å². The number of likely N-dealkylation sites (tertiary alicyclic amines) is 2. The third kappa shape index (κ3) is 5.16.